The van der Waals surface area contributed by atoms with Crippen molar-refractivity contribution in [3.63, 3.8) is 0 Å². The summed E-state index contributed by atoms with van der Waals surface area (Å²) in [5.74, 6) is -1.37. The maximum atomic E-state index is 14.0. The molecular weight excluding hydrogens is 260 g/mol. The molecule has 0 heterocycles. The molecule has 5 heteroatoms. The molecule has 2 rings (SSSR count). The van der Waals surface area contributed by atoms with Gasteiger partial charge in [-0.05, 0) is 45.5 Å². The molecule has 0 saturated heterocycles. The number of hydrogen-bond acceptors (Lipinski definition) is 3. The van der Waals surface area contributed by atoms with E-state index in [2.05, 4.69) is 4.90 Å². The normalized spacial score (nSPS) is 16.6. The lowest BCUT2D eigenvalue weighted by molar-refractivity contribution is 0.0681. The minimum absolute atomic E-state index is 0.00289. The summed E-state index contributed by atoms with van der Waals surface area (Å²) in [4.78, 5) is 3.75. The molecule has 0 amide bonds. The first kappa shape index (κ1) is 14.7. The molecule has 3 nitrogen and oxygen atoms in total. The van der Waals surface area contributed by atoms with Crippen molar-refractivity contribution in [2.24, 2.45) is 0 Å². The molecule has 0 aromatic heterocycles. The smallest absolute Gasteiger partial charge is 0.150 e. The quantitative estimate of drug-likeness (QED) is 0.849. The topological polar surface area (TPSA) is 30.3 Å². The number of nitrogens with zero attached hydrogens (tertiary/aromatic N) is 3. The molecule has 1 aliphatic carbocycles. The Morgan fingerprint density at radius 2 is 1.75 bits per heavy atom. The molecule has 1 aromatic carbocycles. The second kappa shape index (κ2) is 5.37. The molecule has 1 aliphatic rings. The van der Waals surface area contributed by atoms with Crippen LogP contribution in [0.4, 0.5) is 14.5 Å². The predicted molar refractivity (Wildman–Crippen MR) is 74.6 cm³/mol. The van der Waals surface area contributed by atoms with Crippen molar-refractivity contribution in [3.05, 3.63) is 29.3 Å². The number of likely N-dealkylation sites (N-methyl/N-ethyl adjacent to an activating group) is 2. The fourth-order valence-electron chi connectivity index (χ4n) is 2.85. The van der Waals surface area contributed by atoms with Crippen molar-refractivity contribution in [1.82, 2.24) is 4.90 Å². The van der Waals surface area contributed by atoms with E-state index in [0.717, 1.165) is 31.4 Å². The maximum Gasteiger partial charge on any atom is 0.150 e. The van der Waals surface area contributed by atoms with E-state index in [1.807, 2.05) is 14.1 Å². The van der Waals surface area contributed by atoms with Gasteiger partial charge < -0.3 is 9.80 Å². The Labute approximate surface area is 118 Å². The zero-order valence-corrected chi connectivity index (χ0v) is 12.1. The van der Waals surface area contributed by atoms with Gasteiger partial charge in [-0.1, -0.05) is 0 Å². The van der Waals surface area contributed by atoms with Crippen molar-refractivity contribution in [3.8, 4) is 6.07 Å². The van der Waals surface area contributed by atoms with Crippen LogP contribution in [0.2, 0.25) is 0 Å². The molecule has 1 aromatic rings. The fraction of sp³-hybridized carbons (Fsp3) is 0.533. The van der Waals surface area contributed by atoms with Gasteiger partial charge in [0, 0.05) is 19.1 Å². The van der Waals surface area contributed by atoms with Crippen LogP contribution in [-0.2, 0) is 0 Å². The molecule has 0 unspecified atom stereocenters. The minimum Gasteiger partial charge on any atom is -0.368 e. The average molecular weight is 279 g/mol. The van der Waals surface area contributed by atoms with Crippen LogP contribution >= 0.6 is 0 Å². The van der Waals surface area contributed by atoms with Crippen LogP contribution in [0.1, 0.15) is 24.8 Å². The Morgan fingerprint density at radius 1 is 1.20 bits per heavy atom. The van der Waals surface area contributed by atoms with Gasteiger partial charge in [0.1, 0.15) is 5.69 Å². The molecule has 108 valence electrons. The lowest BCUT2D eigenvalue weighted by atomic mass is 9.75. The highest BCUT2D eigenvalue weighted by Gasteiger charge is 2.40. The van der Waals surface area contributed by atoms with Crippen LogP contribution < -0.4 is 4.90 Å². The van der Waals surface area contributed by atoms with Gasteiger partial charge in [0.2, 0.25) is 0 Å². The molecule has 0 atom stereocenters. The van der Waals surface area contributed by atoms with E-state index >= 15 is 0 Å². The highest BCUT2D eigenvalue weighted by atomic mass is 19.1. The number of hydrogen-bond donors (Lipinski definition) is 0. The second-order valence-electron chi connectivity index (χ2n) is 5.73. The molecule has 0 radical (unpaired) electrons. The first-order chi connectivity index (χ1) is 9.39. The molecule has 0 bridgehead atoms. The summed E-state index contributed by atoms with van der Waals surface area (Å²) in [5, 5.41) is 8.72. The molecule has 0 spiro atoms. The highest BCUT2D eigenvalue weighted by Crippen LogP contribution is 2.38. The van der Waals surface area contributed by atoms with Gasteiger partial charge in [0.15, 0.2) is 11.6 Å². The molecule has 1 fully saturated rings. The number of rotatable bonds is 4. The van der Waals surface area contributed by atoms with E-state index in [9.17, 15) is 8.78 Å². The van der Waals surface area contributed by atoms with Crippen LogP contribution in [0.25, 0.3) is 0 Å². The van der Waals surface area contributed by atoms with Gasteiger partial charge in [0.05, 0.1) is 11.6 Å². The third kappa shape index (κ3) is 2.48. The average Bonchev–Trinajstić information content (AvgIpc) is 2.32. The third-order valence-corrected chi connectivity index (χ3v) is 4.29. The van der Waals surface area contributed by atoms with Gasteiger partial charge in [-0.3, -0.25) is 0 Å². The van der Waals surface area contributed by atoms with Crippen LogP contribution in [-0.4, -0.2) is 38.1 Å². The Bertz CT molecular complexity index is 522. The molecule has 1 saturated carbocycles. The van der Waals surface area contributed by atoms with Crippen molar-refractivity contribution in [2.45, 2.75) is 24.8 Å². The number of anilines is 1. The summed E-state index contributed by atoms with van der Waals surface area (Å²) in [6, 6.07) is 3.92. The Morgan fingerprint density at radius 3 is 2.10 bits per heavy atom. The number of halogens is 2. The molecule has 20 heavy (non-hydrogen) atoms. The van der Waals surface area contributed by atoms with Crippen LogP contribution in [0.15, 0.2) is 12.1 Å². The van der Waals surface area contributed by atoms with Gasteiger partial charge in [0.25, 0.3) is 0 Å². The van der Waals surface area contributed by atoms with E-state index in [0.29, 0.717) is 6.54 Å². The Balaban J connectivity index is 2.26. The van der Waals surface area contributed by atoms with Gasteiger partial charge >= 0.3 is 0 Å². The summed E-state index contributed by atoms with van der Waals surface area (Å²) in [5.41, 5.74) is -0.0677. The van der Waals surface area contributed by atoms with E-state index in [1.54, 1.807) is 18.0 Å². The van der Waals surface area contributed by atoms with E-state index in [4.69, 9.17) is 5.26 Å². The van der Waals surface area contributed by atoms with Crippen LogP contribution in [0, 0.1) is 23.0 Å². The SMILES string of the molecule is CN(CC1(N(C)C)CCC1)c1c(F)cc(C#N)cc1F. The summed E-state index contributed by atoms with van der Waals surface area (Å²) >= 11 is 0. The van der Waals surface area contributed by atoms with E-state index in [1.165, 1.54) is 0 Å². The lowest BCUT2D eigenvalue weighted by Gasteiger charge is -2.49. The van der Waals surface area contributed by atoms with Crippen molar-refractivity contribution in [2.75, 3.05) is 32.6 Å². The summed E-state index contributed by atoms with van der Waals surface area (Å²) < 4.78 is 28.0. The molecule has 0 aliphatic heterocycles. The predicted octanol–water partition coefficient (Wildman–Crippen LogP) is 2.76. The first-order valence-electron chi connectivity index (χ1n) is 6.67. The summed E-state index contributed by atoms with van der Waals surface area (Å²) in [6.07, 6.45) is 3.21. The zero-order valence-electron chi connectivity index (χ0n) is 12.1. The number of benzene rings is 1. The minimum atomic E-state index is -0.683. The Hall–Kier alpha value is -1.67. The maximum absolute atomic E-state index is 14.0. The van der Waals surface area contributed by atoms with E-state index in [-0.39, 0.29) is 16.8 Å². The van der Waals surface area contributed by atoms with Crippen LogP contribution in [0.3, 0.4) is 0 Å². The van der Waals surface area contributed by atoms with Gasteiger partial charge in [-0.2, -0.15) is 5.26 Å². The fourth-order valence-corrected chi connectivity index (χ4v) is 2.85. The van der Waals surface area contributed by atoms with Crippen LogP contribution in [0.5, 0.6) is 0 Å². The summed E-state index contributed by atoms with van der Waals surface area (Å²) in [6.45, 7) is 0.569. The standard InChI is InChI=1S/C15H19F2N3/c1-19(2)15(5-4-6-15)10-20(3)14-12(16)7-11(9-18)8-13(14)17/h7-8H,4-6,10H2,1-3H3. The van der Waals surface area contributed by atoms with Crippen molar-refractivity contribution >= 4 is 5.69 Å². The summed E-state index contributed by atoms with van der Waals surface area (Å²) in [7, 11) is 5.69. The first-order valence-corrected chi connectivity index (χ1v) is 6.67. The van der Waals surface area contributed by atoms with Gasteiger partial charge in [-0.15, -0.1) is 0 Å². The Kier molecular flexibility index (Phi) is 3.96. The largest absolute Gasteiger partial charge is 0.368 e. The van der Waals surface area contributed by atoms with Crippen molar-refractivity contribution < 1.29 is 8.78 Å². The highest BCUT2D eigenvalue weighted by molar-refractivity contribution is 5.52. The van der Waals surface area contributed by atoms with Crippen molar-refractivity contribution in [1.29, 1.82) is 5.26 Å². The zero-order chi connectivity index (χ0) is 14.9. The van der Waals surface area contributed by atoms with Gasteiger partial charge in [-0.25, -0.2) is 8.78 Å². The second-order valence-corrected chi connectivity index (χ2v) is 5.73. The number of nitriles is 1. The lowest BCUT2D eigenvalue weighted by Crippen LogP contribution is -2.57. The van der Waals surface area contributed by atoms with E-state index < -0.39 is 11.6 Å². The molecule has 0 N–H and O–H groups in total. The third-order valence-electron chi connectivity index (χ3n) is 4.29. The molecular formula is C15H19F2N3. The monoisotopic (exact) mass is 279 g/mol.